The zero-order valence-electron chi connectivity index (χ0n) is 21.6. The molecule has 0 spiro atoms. The number of carbonyl (C=O) groups excluding carboxylic acids is 3. The third-order valence-corrected chi connectivity index (χ3v) is 6.31. The average molecular weight is 523 g/mol. The molecule has 0 saturated carbocycles. The fourth-order valence-corrected chi connectivity index (χ4v) is 3.52. The molecule has 0 aliphatic rings. The molecule has 0 aliphatic heterocycles. The third-order valence-electron chi connectivity index (χ3n) is 6.31. The molecule has 12 heteroatoms. The molecule has 3 amide bonds. The molecule has 0 saturated heterocycles. The Balaban J connectivity index is 3.02. The lowest BCUT2D eigenvalue weighted by atomic mass is 9.94. The molecule has 1 aromatic rings. The largest absolute Gasteiger partial charge is 0.508 e. The van der Waals surface area contributed by atoms with Gasteiger partial charge in [-0.3, -0.25) is 19.2 Å². The number of hydrogen-bond acceptors (Lipinski definition) is 7. The van der Waals surface area contributed by atoms with Crippen LogP contribution in [0.5, 0.6) is 5.75 Å². The predicted molar refractivity (Wildman–Crippen MR) is 134 cm³/mol. The highest BCUT2D eigenvalue weighted by Crippen LogP contribution is 2.14. The third kappa shape index (κ3) is 10.1. The second-order valence-corrected chi connectivity index (χ2v) is 9.22. The molecular formula is C25H38N4O8. The van der Waals surface area contributed by atoms with Gasteiger partial charge in [-0.25, -0.2) is 4.79 Å². The molecule has 0 aliphatic carbocycles. The van der Waals surface area contributed by atoms with Crippen LogP contribution in [0.2, 0.25) is 0 Å². The van der Waals surface area contributed by atoms with Crippen LogP contribution in [-0.2, 0) is 30.4 Å². The van der Waals surface area contributed by atoms with Crippen LogP contribution in [0.1, 0.15) is 52.5 Å². The first kappa shape index (κ1) is 31.4. The lowest BCUT2D eigenvalue weighted by Crippen LogP contribution is -2.60. The van der Waals surface area contributed by atoms with E-state index in [-0.39, 0.29) is 18.1 Å². The van der Waals surface area contributed by atoms with Crippen LogP contribution >= 0.6 is 0 Å². The van der Waals surface area contributed by atoms with Crippen molar-refractivity contribution in [1.82, 2.24) is 16.0 Å². The quantitative estimate of drug-likeness (QED) is 0.169. The van der Waals surface area contributed by atoms with Crippen molar-refractivity contribution in [3.8, 4) is 5.75 Å². The maximum atomic E-state index is 13.2. The number of aliphatic carboxylic acids is 2. The number of nitrogens with two attached hydrogens (primary N) is 1. The van der Waals surface area contributed by atoms with Crippen molar-refractivity contribution < 1.29 is 39.3 Å². The van der Waals surface area contributed by atoms with Gasteiger partial charge in [0.25, 0.3) is 0 Å². The molecule has 1 rings (SSSR count). The van der Waals surface area contributed by atoms with Crippen molar-refractivity contribution in [2.24, 2.45) is 17.6 Å². The monoisotopic (exact) mass is 522 g/mol. The van der Waals surface area contributed by atoms with Gasteiger partial charge in [0.1, 0.15) is 23.9 Å². The van der Waals surface area contributed by atoms with Gasteiger partial charge in [-0.05, 0) is 36.0 Å². The van der Waals surface area contributed by atoms with Gasteiger partial charge in [0.05, 0.1) is 12.5 Å². The molecule has 0 aromatic heterocycles. The number of carboxylic acids is 2. The summed E-state index contributed by atoms with van der Waals surface area (Å²) in [6.45, 7) is 7.04. The first-order chi connectivity index (χ1) is 17.3. The first-order valence-corrected chi connectivity index (χ1v) is 12.2. The Morgan fingerprint density at radius 3 is 1.70 bits per heavy atom. The Kier molecular flexibility index (Phi) is 12.5. The van der Waals surface area contributed by atoms with E-state index in [2.05, 4.69) is 16.0 Å². The van der Waals surface area contributed by atoms with Crippen LogP contribution in [0.15, 0.2) is 24.3 Å². The van der Waals surface area contributed by atoms with E-state index in [1.54, 1.807) is 32.9 Å². The van der Waals surface area contributed by atoms with Crippen molar-refractivity contribution in [2.45, 2.75) is 77.5 Å². The Morgan fingerprint density at radius 1 is 0.811 bits per heavy atom. The van der Waals surface area contributed by atoms with Crippen molar-refractivity contribution >= 4 is 29.7 Å². The zero-order valence-corrected chi connectivity index (χ0v) is 21.6. The van der Waals surface area contributed by atoms with E-state index in [9.17, 15) is 34.2 Å². The molecule has 6 unspecified atom stereocenters. The lowest BCUT2D eigenvalue weighted by molar-refractivity contribution is -0.147. The van der Waals surface area contributed by atoms with Gasteiger partial charge in [-0.2, -0.15) is 0 Å². The van der Waals surface area contributed by atoms with Gasteiger partial charge in [-0.15, -0.1) is 0 Å². The average Bonchev–Trinajstić information content (AvgIpc) is 2.84. The lowest BCUT2D eigenvalue weighted by Gasteiger charge is -2.30. The molecule has 1 aromatic carbocycles. The molecule has 12 nitrogen and oxygen atoms in total. The van der Waals surface area contributed by atoms with Crippen LogP contribution in [0.4, 0.5) is 0 Å². The second-order valence-electron chi connectivity index (χ2n) is 9.22. The molecule has 0 heterocycles. The zero-order chi connectivity index (χ0) is 28.3. The van der Waals surface area contributed by atoms with Crippen LogP contribution in [0, 0.1) is 11.8 Å². The number of carbonyl (C=O) groups is 5. The Labute approximate surface area is 216 Å². The van der Waals surface area contributed by atoms with E-state index >= 15 is 0 Å². The first-order valence-electron chi connectivity index (χ1n) is 12.2. The highest BCUT2D eigenvalue weighted by Gasteiger charge is 2.34. The number of benzene rings is 1. The normalized spacial score (nSPS) is 15.8. The SMILES string of the molecule is CCC(C)C(NC(=O)C(N)Cc1ccc(O)cc1)C(=O)NC(C(=O)NC(CC(=O)O)C(=O)O)C(C)CC. The number of nitrogens with one attached hydrogen (secondary N) is 3. The predicted octanol–water partition coefficient (Wildman–Crippen LogP) is 0.368. The summed E-state index contributed by atoms with van der Waals surface area (Å²) in [5.41, 5.74) is 6.76. The maximum Gasteiger partial charge on any atom is 0.326 e. The van der Waals surface area contributed by atoms with Crippen molar-refractivity contribution in [1.29, 1.82) is 0 Å². The molecule has 206 valence electrons. The van der Waals surface area contributed by atoms with E-state index in [0.29, 0.717) is 18.4 Å². The number of rotatable bonds is 15. The fraction of sp³-hybridized carbons (Fsp3) is 0.560. The van der Waals surface area contributed by atoms with Gasteiger partial charge >= 0.3 is 11.9 Å². The van der Waals surface area contributed by atoms with E-state index < -0.39 is 66.2 Å². The van der Waals surface area contributed by atoms with E-state index in [4.69, 9.17) is 10.8 Å². The van der Waals surface area contributed by atoms with Gasteiger partial charge < -0.3 is 37.0 Å². The van der Waals surface area contributed by atoms with E-state index in [1.807, 2.05) is 6.92 Å². The van der Waals surface area contributed by atoms with Gasteiger partial charge in [0.15, 0.2) is 0 Å². The maximum absolute atomic E-state index is 13.2. The number of carboxylic acid groups (broad SMARTS) is 2. The standard InChI is InChI=1S/C25H38N4O8/c1-5-13(3)20(23(34)27-18(25(36)37)12-19(31)32)29-24(35)21(14(4)6-2)28-22(33)17(26)11-15-7-9-16(30)10-8-15/h7-10,13-14,17-18,20-21,30H,5-6,11-12,26H2,1-4H3,(H,27,34)(H,28,33)(H,29,35)(H,31,32)(H,36,37). The van der Waals surface area contributed by atoms with Crippen LogP contribution < -0.4 is 21.7 Å². The molecule has 8 N–H and O–H groups in total. The summed E-state index contributed by atoms with van der Waals surface area (Å²) in [6, 6.07) is 1.36. The minimum absolute atomic E-state index is 0.0767. The fourth-order valence-electron chi connectivity index (χ4n) is 3.52. The van der Waals surface area contributed by atoms with Gasteiger partial charge in [0, 0.05) is 0 Å². The van der Waals surface area contributed by atoms with Gasteiger partial charge in [-0.1, -0.05) is 52.7 Å². The summed E-state index contributed by atoms with van der Waals surface area (Å²) >= 11 is 0. The van der Waals surface area contributed by atoms with Crippen LogP contribution in [0.3, 0.4) is 0 Å². The number of phenolic OH excluding ortho intramolecular Hbond substituents is 1. The van der Waals surface area contributed by atoms with Crippen LogP contribution in [0.25, 0.3) is 0 Å². The number of aromatic hydroxyl groups is 1. The van der Waals surface area contributed by atoms with Crippen molar-refractivity contribution in [3.63, 3.8) is 0 Å². The number of amides is 3. The Hall–Kier alpha value is -3.67. The highest BCUT2D eigenvalue weighted by atomic mass is 16.4. The number of hydrogen-bond donors (Lipinski definition) is 7. The molecular weight excluding hydrogens is 484 g/mol. The van der Waals surface area contributed by atoms with Crippen molar-refractivity contribution in [3.05, 3.63) is 29.8 Å². The smallest absolute Gasteiger partial charge is 0.326 e. The second kappa shape index (κ2) is 14.8. The van der Waals surface area contributed by atoms with E-state index in [0.717, 1.165) is 0 Å². The molecule has 37 heavy (non-hydrogen) atoms. The molecule has 0 bridgehead atoms. The summed E-state index contributed by atoms with van der Waals surface area (Å²) < 4.78 is 0. The minimum Gasteiger partial charge on any atom is -0.508 e. The van der Waals surface area contributed by atoms with Crippen molar-refractivity contribution in [2.75, 3.05) is 0 Å². The summed E-state index contributed by atoms with van der Waals surface area (Å²) in [7, 11) is 0. The van der Waals surface area contributed by atoms with E-state index in [1.165, 1.54) is 12.1 Å². The summed E-state index contributed by atoms with van der Waals surface area (Å²) in [6.07, 6.45) is 0.310. The highest BCUT2D eigenvalue weighted by molar-refractivity contribution is 5.95. The molecule has 0 fully saturated rings. The topological polar surface area (TPSA) is 208 Å². The Morgan fingerprint density at radius 2 is 1.27 bits per heavy atom. The minimum atomic E-state index is -1.67. The summed E-state index contributed by atoms with van der Waals surface area (Å²) in [4.78, 5) is 61.3. The summed E-state index contributed by atoms with van der Waals surface area (Å²) in [5, 5.41) is 35.0. The Bertz CT molecular complexity index is 953. The molecule has 0 radical (unpaired) electrons. The summed E-state index contributed by atoms with van der Waals surface area (Å²) in [5.74, 6) is -5.66. The van der Waals surface area contributed by atoms with Gasteiger partial charge in [0.2, 0.25) is 17.7 Å². The molecule has 6 atom stereocenters. The number of phenols is 1. The van der Waals surface area contributed by atoms with Crippen LogP contribution in [-0.4, -0.2) is 69.1 Å².